The minimum absolute atomic E-state index is 0.109. The van der Waals surface area contributed by atoms with Crippen molar-refractivity contribution in [3.8, 4) is 0 Å². The minimum atomic E-state index is 0.109. The topological polar surface area (TPSA) is 55.1 Å². The summed E-state index contributed by atoms with van der Waals surface area (Å²) in [5.41, 5.74) is 8.44. The summed E-state index contributed by atoms with van der Waals surface area (Å²) in [6.07, 6.45) is 3.25. The molecule has 0 saturated heterocycles. The van der Waals surface area contributed by atoms with E-state index >= 15 is 0 Å². The summed E-state index contributed by atoms with van der Waals surface area (Å²) < 4.78 is 0. The molecule has 0 bridgehead atoms. The van der Waals surface area contributed by atoms with Crippen LogP contribution in [0, 0.1) is 18.3 Å². The van der Waals surface area contributed by atoms with Crippen LogP contribution in [0.25, 0.3) is 0 Å². The average molecular weight is 246 g/mol. The molecule has 0 aromatic heterocycles. The summed E-state index contributed by atoms with van der Waals surface area (Å²) in [7, 11) is 0. The second-order valence-corrected chi connectivity index (χ2v) is 6.00. The third-order valence-corrected chi connectivity index (χ3v) is 4.09. The molecule has 3 heteroatoms. The van der Waals surface area contributed by atoms with Crippen LogP contribution in [0.4, 0.5) is 11.4 Å². The third-order valence-electron chi connectivity index (χ3n) is 4.09. The van der Waals surface area contributed by atoms with Gasteiger partial charge in [-0.3, -0.25) is 4.79 Å². The molecule has 0 heterocycles. The van der Waals surface area contributed by atoms with E-state index in [0.29, 0.717) is 5.69 Å². The SMILES string of the molecule is Cc1ccc(N)cc1NC(=O)C1CCCC1(C)C. The van der Waals surface area contributed by atoms with Gasteiger partial charge in [0.2, 0.25) is 5.91 Å². The largest absolute Gasteiger partial charge is 0.399 e. The van der Waals surface area contributed by atoms with Crippen molar-refractivity contribution in [2.75, 3.05) is 11.1 Å². The number of rotatable bonds is 2. The van der Waals surface area contributed by atoms with E-state index in [0.717, 1.165) is 30.5 Å². The zero-order valence-corrected chi connectivity index (χ0v) is 11.4. The van der Waals surface area contributed by atoms with Gasteiger partial charge in [-0.2, -0.15) is 0 Å². The molecule has 1 saturated carbocycles. The second kappa shape index (κ2) is 4.63. The van der Waals surface area contributed by atoms with Crippen LogP contribution >= 0.6 is 0 Å². The summed E-state index contributed by atoms with van der Waals surface area (Å²) in [5.74, 6) is 0.240. The molecule has 1 aliphatic carbocycles. The highest BCUT2D eigenvalue weighted by molar-refractivity contribution is 5.94. The molecule has 98 valence electrons. The van der Waals surface area contributed by atoms with Crippen molar-refractivity contribution in [3.05, 3.63) is 23.8 Å². The lowest BCUT2D eigenvalue weighted by Gasteiger charge is -2.26. The molecule has 3 nitrogen and oxygen atoms in total. The van der Waals surface area contributed by atoms with Crippen LogP contribution in [-0.2, 0) is 4.79 Å². The molecule has 1 atom stereocenters. The molecule has 1 fully saturated rings. The number of anilines is 2. The Morgan fingerprint density at radius 2 is 2.17 bits per heavy atom. The molecule has 1 amide bonds. The molecular weight excluding hydrogens is 224 g/mol. The number of benzene rings is 1. The Morgan fingerprint density at radius 1 is 1.44 bits per heavy atom. The van der Waals surface area contributed by atoms with Crippen LogP contribution in [0.1, 0.15) is 38.7 Å². The Balaban J connectivity index is 2.14. The first-order valence-electron chi connectivity index (χ1n) is 6.57. The van der Waals surface area contributed by atoms with Crippen molar-refractivity contribution in [2.45, 2.75) is 40.0 Å². The van der Waals surface area contributed by atoms with Gasteiger partial charge < -0.3 is 11.1 Å². The van der Waals surface area contributed by atoms with Crippen molar-refractivity contribution in [1.82, 2.24) is 0 Å². The molecule has 0 spiro atoms. The monoisotopic (exact) mass is 246 g/mol. The molecule has 0 radical (unpaired) electrons. The molecule has 1 aliphatic rings. The fraction of sp³-hybridized carbons (Fsp3) is 0.533. The summed E-state index contributed by atoms with van der Waals surface area (Å²) in [4.78, 5) is 12.3. The maximum Gasteiger partial charge on any atom is 0.228 e. The first kappa shape index (κ1) is 12.9. The van der Waals surface area contributed by atoms with Gasteiger partial charge in [0.05, 0.1) is 0 Å². The van der Waals surface area contributed by atoms with E-state index in [-0.39, 0.29) is 17.2 Å². The Kier molecular flexibility index (Phi) is 3.33. The van der Waals surface area contributed by atoms with Crippen LogP contribution in [0.2, 0.25) is 0 Å². The van der Waals surface area contributed by atoms with E-state index in [1.165, 1.54) is 0 Å². The van der Waals surface area contributed by atoms with Gasteiger partial charge in [0.15, 0.2) is 0 Å². The number of carbonyl (C=O) groups excluding carboxylic acids is 1. The highest BCUT2D eigenvalue weighted by atomic mass is 16.1. The number of hydrogen-bond donors (Lipinski definition) is 2. The lowest BCUT2D eigenvalue weighted by atomic mass is 9.81. The Morgan fingerprint density at radius 3 is 2.78 bits per heavy atom. The van der Waals surface area contributed by atoms with E-state index < -0.39 is 0 Å². The van der Waals surface area contributed by atoms with Gasteiger partial charge >= 0.3 is 0 Å². The Labute approximate surface area is 109 Å². The third kappa shape index (κ3) is 2.50. The van der Waals surface area contributed by atoms with E-state index in [1.807, 2.05) is 25.1 Å². The number of amides is 1. The number of hydrogen-bond acceptors (Lipinski definition) is 2. The van der Waals surface area contributed by atoms with Crippen LogP contribution in [0.3, 0.4) is 0 Å². The van der Waals surface area contributed by atoms with E-state index in [4.69, 9.17) is 5.73 Å². The van der Waals surface area contributed by atoms with Gasteiger partial charge in [-0.15, -0.1) is 0 Å². The number of nitrogen functional groups attached to an aromatic ring is 1. The molecule has 1 aromatic carbocycles. The highest BCUT2D eigenvalue weighted by Gasteiger charge is 2.39. The standard InChI is InChI=1S/C15H22N2O/c1-10-6-7-11(16)9-13(10)17-14(18)12-5-4-8-15(12,2)3/h6-7,9,12H,4-5,8,16H2,1-3H3,(H,17,18). The van der Waals surface area contributed by atoms with Crippen molar-refractivity contribution < 1.29 is 4.79 Å². The molecular formula is C15H22N2O. The molecule has 1 aromatic rings. The first-order valence-corrected chi connectivity index (χ1v) is 6.57. The summed E-state index contributed by atoms with van der Waals surface area (Å²) >= 11 is 0. The fourth-order valence-electron chi connectivity index (χ4n) is 2.81. The van der Waals surface area contributed by atoms with E-state index in [2.05, 4.69) is 19.2 Å². The molecule has 18 heavy (non-hydrogen) atoms. The summed E-state index contributed by atoms with van der Waals surface area (Å²) in [6, 6.07) is 5.62. The van der Waals surface area contributed by atoms with Gasteiger partial charge in [0, 0.05) is 17.3 Å². The second-order valence-electron chi connectivity index (χ2n) is 6.00. The lowest BCUT2D eigenvalue weighted by molar-refractivity contribution is -0.122. The maximum atomic E-state index is 12.3. The normalized spacial score (nSPS) is 21.8. The minimum Gasteiger partial charge on any atom is -0.399 e. The average Bonchev–Trinajstić information content (AvgIpc) is 2.63. The number of nitrogens with two attached hydrogens (primary N) is 1. The van der Waals surface area contributed by atoms with Crippen LogP contribution in [0.15, 0.2) is 18.2 Å². The van der Waals surface area contributed by atoms with Gasteiger partial charge in [-0.25, -0.2) is 0 Å². The predicted octanol–water partition coefficient (Wildman–Crippen LogP) is 3.34. The number of carbonyl (C=O) groups is 1. The van der Waals surface area contributed by atoms with Crippen molar-refractivity contribution in [3.63, 3.8) is 0 Å². The Bertz CT molecular complexity index is 466. The van der Waals surface area contributed by atoms with E-state index in [9.17, 15) is 4.79 Å². The molecule has 2 rings (SSSR count). The zero-order valence-electron chi connectivity index (χ0n) is 11.4. The zero-order chi connectivity index (χ0) is 13.3. The predicted molar refractivity (Wildman–Crippen MR) is 75.3 cm³/mol. The lowest BCUT2D eigenvalue weighted by Crippen LogP contribution is -2.31. The van der Waals surface area contributed by atoms with Crippen LogP contribution in [-0.4, -0.2) is 5.91 Å². The summed E-state index contributed by atoms with van der Waals surface area (Å²) in [6.45, 7) is 6.34. The smallest absolute Gasteiger partial charge is 0.228 e. The van der Waals surface area contributed by atoms with Crippen LogP contribution in [0.5, 0.6) is 0 Å². The quantitative estimate of drug-likeness (QED) is 0.786. The molecule has 1 unspecified atom stereocenters. The van der Waals surface area contributed by atoms with Crippen molar-refractivity contribution >= 4 is 17.3 Å². The molecule has 3 N–H and O–H groups in total. The first-order chi connectivity index (χ1) is 8.40. The van der Waals surface area contributed by atoms with Gasteiger partial charge in [0.1, 0.15) is 0 Å². The van der Waals surface area contributed by atoms with Gasteiger partial charge in [0.25, 0.3) is 0 Å². The number of aryl methyl sites for hydroxylation is 1. The van der Waals surface area contributed by atoms with Gasteiger partial charge in [-0.05, 0) is 42.9 Å². The van der Waals surface area contributed by atoms with Crippen molar-refractivity contribution in [2.24, 2.45) is 11.3 Å². The summed E-state index contributed by atoms with van der Waals surface area (Å²) in [5, 5.41) is 3.03. The highest BCUT2D eigenvalue weighted by Crippen LogP contribution is 2.43. The number of nitrogens with one attached hydrogen (secondary N) is 1. The molecule has 0 aliphatic heterocycles. The van der Waals surface area contributed by atoms with Gasteiger partial charge in [-0.1, -0.05) is 26.3 Å². The van der Waals surface area contributed by atoms with Crippen LogP contribution < -0.4 is 11.1 Å². The maximum absolute atomic E-state index is 12.3. The van der Waals surface area contributed by atoms with Crippen molar-refractivity contribution in [1.29, 1.82) is 0 Å². The van der Waals surface area contributed by atoms with E-state index in [1.54, 1.807) is 0 Å². The fourth-order valence-corrected chi connectivity index (χ4v) is 2.81. The Hall–Kier alpha value is -1.51.